The Labute approximate surface area is 171 Å². The first-order valence-electron chi connectivity index (χ1n) is 9.40. The lowest BCUT2D eigenvalue weighted by molar-refractivity contribution is -0.165. The molecule has 1 aromatic rings. The largest absolute Gasteiger partial charge is 0.479 e. The molecule has 8 nitrogen and oxygen atoms in total. The van der Waals surface area contributed by atoms with Gasteiger partial charge in [0.1, 0.15) is 0 Å². The molecule has 0 radical (unpaired) electrons. The van der Waals surface area contributed by atoms with Crippen LogP contribution in [-0.4, -0.2) is 75.1 Å². The van der Waals surface area contributed by atoms with E-state index in [1.807, 2.05) is 0 Å². The van der Waals surface area contributed by atoms with Gasteiger partial charge in [-0.2, -0.15) is 13.2 Å². The van der Waals surface area contributed by atoms with Gasteiger partial charge in [-0.1, -0.05) is 25.1 Å². The average molecular weight is 436 g/mol. The summed E-state index contributed by atoms with van der Waals surface area (Å²) in [7, 11) is 0. The zero-order chi connectivity index (χ0) is 22.9. The number of carboxylic acids is 2. The standard InChI is InChI=1S/C15H21F3N2.C4H6O6/c1-2-9-20(13-7-8-19-10-13)11-12-5-3-4-6-14(12)15(16,17)18;5-1(3(7)8)2(6)4(9)10/h3-6,13,19H,2,7-11H2,1H3;1-2,5-6H,(H,7,8)(H,9,10)/t13-;1-,2-/m01/s1. The second-order valence-corrected chi connectivity index (χ2v) is 6.84. The number of hydrogen-bond donors (Lipinski definition) is 5. The van der Waals surface area contributed by atoms with Gasteiger partial charge in [-0.05, 0) is 37.6 Å². The third kappa shape index (κ3) is 7.90. The summed E-state index contributed by atoms with van der Waals surface area (Å²) < 4.78 is 39.1. The van der Waals surface area contributed by atoms with Crippen molar-refractivity contribution < 1.29 is 43.2 Å². The minimum Gasteiger partial charge on any atom is -0.479 e. The van der Waals surface area contributed by atoms with Gasteiger partial charge in [0.25, 0.3) is 0 Å². The second kappa shape index (κ2) is 11.8. The van der Waals surface area contributed by atoms with E-state index in [0.29, 0.717) is 18.2 Å². The SMILES string of the molecule is CCCN(Cc1ccccc1C(F)(F)F)[C@H]1CCNC1.O=C(O)[C@H](O)[C@@H](O)C(=O)O. The Hall–Kier alpha value is -2.21. The molecule has 170 valence electrons. The third-order valence-corrected chi connectivity index (χ3v) is 4.56. The van der Waals surface area contributed by atoms with Crippen LogP contribution in [0.2, 0.25) is 0 Å². The minimum atomic E-state index is -4.28. The summed E-state index contributed by atoms with van der Waals surface area (Å²) in [5.41, 5.74) is -0.132. The topological polar surface area (TPSA) is 130 Å². The molecule has 1 aliphatic rings. The number of rotatable bonds is 8. The minimum absolute atomic E-state index is 0.344. The average Bonchev–Trinajstić information content (AvgIpc) is 3.21. The van der Waals surface area contributed by atoms with E-state index in [9.17, 15) is 22.8 Å². The van der Waals surface area contributed by atoms with E-state index in [-0.39, 0.29) is 0 Å². The summed E-state index contributed by atoms with van der Waals surface area (Å²) in [5, 5.41) is 35.8. The Balaban J connectivity index is 0.000000382. The van der Waals surface area contributed by atoms with Crippen molar-refractivity contribution in [2.24, 2.45) is 0 Å². The van der Waals surface area contributed by atoms with Gasteiger partial charge < -0.3 is 25.7 Å². The van der Waals surface area contributed by atoms with Gasteiger partial charge in [0.2, 0.25) is 0 Å². The summed E-state index contributed by atoms with van der Waals surface area (Å²) in [5.74, 6) is -3.54. The maximum Gasteiger partial charge on any atom is 0.416 e. The number of aliphatic carboxylic acids is 2. The van der Waals surface area contributed by atoms with E-state index in [4.69, 9.17) is 20.4 Å². The van der Waals surface area contributed by atoms with Crippen LogP contribution in [0.15, 0.2) is 24.3 Å². The number of nitrogens with one attached hydrogen (secondary N) is 1. The molecule has 3 atom stereocenters. The quantitative estimate of drug-likeness (QED) is 0.410. The second-order valence-electron chi connectivity index (χ2n) is 6.84. The molecule has 0 amide bonds. The van der Waals surface area contributed by atoms with Crippen LogP contribution in [0.1, 0.15) is 30.9 Å². The van der Waals surface area contributed by atoms with Crippen molar-refractivity contribution in [2.75, 3.05) is 19.6 Å². The van der Waals surface area contributed by atoms with E-state index in [2.05, 4.69) is 17.1 Å². The van der Waals surface area contributed by atoms with Crippen LogP contribution < -0.4 is 5.32 Å². The van der Waals surface area contributed by atoms with Crippen LogP contribution in [0.25, 0.3) is 0 Å². The molecule has 0 spiro atoms. The molecule has 0 unspecified atom stereocenters. The van der Waals surface area contributed by atoms with E-state index < -0.39 is 35.9 Å². The first kappa shape index (κ1) is 25.8. The van der Waals surface area contributed by atoms with E-state index in [0.717, 1.165) is 32.5 Å². The molecule has 1 heterocycles. The van der Waals surface area contributed by atoms with Crippen molar-refractivity contribution in [3.05, 3.63) is 35.4 Å². The van der Waals surface area contributed by atoms with Gasteiger partial charge in [-0.25, -0.2) is 9.59 Å². The highest BCUT2D eigenvalue weighted by molar-refractivity contribution is 5.83. The summed E-state index contributed by atoms with van der Waals surface area (Å²) >= 11 is 0. The normalized spacial score (nSPS) is 18.4. The van der Waals surface area contributed by atoms with Crippen molar-refractivity contribution >= 4 is 11.9 Å². The van der Waals surface area contributed by atoms with Crippen molar-refractivity contribution in [2.45, 2.75) is 50.7 Å². The van der Waals surface area contributed by atoms with Gasteiger partial charge >= 0.3 is 18.1 Å². The predicted molar refractivity (Wildman–Crippen MR) is 101 cm³/mol. The Morgan fingerprint density at radius 3 is 2.17 bits per heavy atom. The fourth-order valence-corrected chi connectivity index (χ4v) is 3.05. The molecule has 11 heteroatoms. The molecule has 1 aromatic carbocycles. The molecule has 30 heavy (non-hydrogen) atoms. The van der Waals surface area contributed by atoms with E-state index in [1.165, 1.54) is 12.1 Å². The molecule has 0 aromatic heterocycles. The summed E-state index contributed by atoms with van der Waals surface area (Å²) in [6, 6.07) is 6.24. The molecular formula is C19H27F3N2O6. The van der Waals surface area contributed by atoms with E-state index >= 15 is 0 Å². The number of nitrogens with zero attached hydrogens (tertiary/aromatic N) is 1. The molecule has 0 bridgehead atoms. The van der Waals surface area contributed by atoms with Crippen molar-refractivity contribution in [1.82, 2.24) is 10.2 Å². The summed E-state index contributed by atoms with van der Waals surface area (Å²) in [4.78, 5) is 21.7. The molecule has 2 rings (SSSR count). The predicted octanol–water partition coefficient (Wildman–Crippen LogP) is 1.16. The number of hydrogen-bond acceptors (Lipinski definition) is 6. The molecule has 1 fully saturated rings. The van der Waals surface area contributed by atoms with Crippen molar-refractivity contribution in [1.29, 1.82) is 0 Å². The Bertz CT molecular complexity index is 677. The fraction of sp³-hybridized carbons (Fsp3) is 0.579. The third-order valence-electron chi connectivity index (χ3n) is 4.56. The van der Waals surface area contributed by atoms with Gasteiger partial charge in [-0.3, -0.25) is 4.90 Å². The molecule has 0 aliphatic carbocycles. The highest BCUT2D eigenvalue weighted by Gasteiger charge is 2.34. The number of alkyl halides is 3. The van der Waals surface area contributed by atoms with Gasteiger partial charge in [0.05, 0.1) is 5.56 Å². The highest BCUT2D eigenvalue weighted by Crippen LogP contribution is 2.32. The number of aliphatic hydroxyl groups excluding tert-OH is 2. The van der Waals surface area contributed by atoms with Crippen LogP contribution in [0.4, 0.5) is 13.2 Å². The lowest BCUT2D eigenvalue weighted by Crippen LogP contribution is -2.39. The zero-order valence-corrected chi connectivity index (χ0v) is 16.5. The lowest BCUT2D eigenvalue weighted by Gasteiger charge is -2.29. The summed E-state index contributed by atoms with van der Waals surface area (Å²) in [6.07, 6.45) is -6.85. The number of carboxylic acid groups (broad SMARTS) is 2. The van der Waals surface area contributed by atoms with Crippen molar-refractivity contribution in [3.63, 3.8) is 0 Å². The van der Waals surface area contributed by atoms with Gasteiger partial charge in [-0.15, -0.1) is 0 Å². The highest BCUT2D eigenvalue weighted by atomic mass is 19.4. The van der Waals surface area contributed by atoms with E-state index in [1.54, 1.807) is 12.1 Å². The molecule has 5 N–H and O–H groups in total. The maximum absolute atomic E-state index is 13.0. The fourth-order valence-electron chi connectivity index (χ4n) is 3.05. The Kier molecular flexibility index (Phi) is 10.2. The van der Waals surface area contributed by atoms with Gasteiger partial charge in [0.15, 0.2) is 12.2 Å². The molecular weight excluding hydrogens is 409 g/mol. The molecule has 0 saturated carbocycles. The molecule has 1 aliphatic heterocycles. The molecule has 1 saturated heterocycles. The number of benzene rings is 1. The summed E-state index contributed by atoms with van der Waals surface area (Å²) in [6.45, 7) is 5.08. The maximum atomic E-state index is 13.0. The van der Waals surface area contributed by atoms with Crippen LogP contribution in [-0.2, 0) is 22.3 Å². The number of halogens is 3. The smallest absolute Gasteiger partial charge is 0.416 e. The number of carbonyl (C=O) groups is 2. The van der Waals surface area contributed by atoms with Crippen LogP contribution in [0.5, 0.6) is 0 Å². The number of aliphatic hydroxyl groups is 2. The first-order valence-corrected chi connectivity index (χ1v) is 9.40. The van der Waals surface area contributed by atoms with Crippen LogP contribution >= 0.6 is 0 Å². The van der Waals surface area contributed by atoms with Crippen LogP contribution in [0.3, 0.4) is 0 Å². The van der Waals surface area contributed by atoms with Crippen molar-refractivity contribution in [3.8, 4) is 0 Å². The Morgan fingerprint density at radius 2 is 1.73 bits per heavy atom. The van der Waals surface area contributed by atoms with Crippen LogP contribution in [0, 0.1) is 0 Å². The monoisotopic (exact) mass is 436 g/mol. The lowest BCUT2D eigenvalue weighted by atomic mass is 10.1. The zero-order valence-electron chi connectivity index (χ0n) is 16.5. The van der Waals surface area contributed by atoms with Gasteiger partial charge in [0, 0.05) is 19.1 Å². The first-order chi connectivity index (χ1) is 14.0. The Morgan fingerprint density at radius 1 is 1.17 bits per heavy atom.